The number of nitrogens with one attached hydrogen (secondary N) is 1. The Morgan fingerprint density at radius 1 is 1.41 bits per heavy atom. The quantitative estimate of drug-likeness (QED) is 0.799. The molecule has 0 spiro atoms. The number of methoxy groups -OCH3 is 1. The average Bonchev–Trinajstić information content (AvgIpc) is 3.10. The van der Waals surface area contributed by atoms with Gasteiger partial charge in [-0.2, -0.15) is 5.10 Å². The smallest absolute Gasteiger partial charge is 0.271 e. The summed E-state index contributed by atoms with van der Waals surface area (Å²) in [4.78, 5) is 14.6. The van der Waals surface area contributed by atoms with E-state index < -0.39 is 0 Å². The lowest BCUT2D eigenvalue weighted by Gasteiger charge is -2.26. The number of amides is 1. The molecule has 1 amide bonds. The van der Waals surface area contributed by atoms with Crippen molar-refractivity contribution in [3.8, 4) is 0 Å². The molecule has 2 aliphatic rings. The predicted octanol–water partition coefficient (Wildman–Crippen LogP) is 1.06. The second kappa shape index (κ2) is 7.24. The van der Waals surface area contributed by atoms with Crippen LogP contribution in [0.2, 0.25) is 0 Å². The summed E-state index contributed by atoms with van der Waals surface area (Å²) in [6.07, 6.45) is 6.03. The lowest BCUT2D eigenvalue weighted by molar-refractivity contribution is 0.0934. The highest BCUT2D eigenvalue weighted by atomic mass is 16.5. The van der Waals surface area contributed by atoms with Crippen LogP contribution in [0.4, 0.5) is 0 Å². The minimum absolute atomic E-state index is 0.0606. The van der Waals surface area contributed by atoms with Crippen molar-refractivity contribution in [3.05, 3.63) is 17.5 Å². The topological polar surface area (TPSA) is 59.4 Å². The molecule has 0 unspecified atom stereocenters. The Balaban J connectivity index is 1.39. The lowest BCUT2D eigenvalue weighted by atomic mass is 10.1. The van der Waals surface area contributed by atoms with Gasteiger partial charge in [-0.15, -0.1) is 0 Å². The SMILES string of the molecule is CO[C@H]1Cc2cc(C(=O)NCCCN3CCCCC3)nn2C1. The summed E-state index contributed by atoms with van der Waals surface area (Å²) in [5.41, 5.74) is 1.62. The molecule has 2 aliphatic heterocycles. The monoisotopic (exact) mass is 306 g/mol. The molecule has 0 saturated carbocycles. The molecule has 122 valence electrons. The van der Waals surface area contributed by atoms with E-state index in [2.05, 4.69) is 15.3 Å². The molecule has 6 heteroatoms. The number of likely N-dealkylation sites (tertiary alicyclic amines) is 1. The van der Waals surface area contributed by atoms with Gasteiger partial charge in [-0.25, -0.2) is 0 Å². The first-order chi connectivity index (χ1) is 10.8. The van der Waals surface area contributed by atoms with Crippen LogP contribution in [0.15, 0.2) is 6.07 Å². The van der Waals surface area contributed by atoms with Crippen molar-refractivity contribution >= 4 is 5.91 Å². The van der Waals surface area contributed by atoms with Gasteiger partial charge in [0.05, 0.1) is 12.6 Å². The van der Waals surface area contributed by atoms with Crippen LogP contribution in [0.25, 0.3) is 0 Å². The number of ether oxygens (including phenoxy) is 1. The van der Waals surface area contributed by atoms with Gasteiger partial charge in [0.2, 0.25) is 0 Å². The summed E-state index contributed by atoms with van der Waals surface area (Å²) < 4.78 is 7.21. The number of fused-ring (bicyclic) bond motifs is 1. The van der Waals surface area contributed by atoms with Crippen LogP contribution >= 0.6 is 0 Å². The van der Waals surface area contributed by atoms with Crippen molar-refractivity contribution in [2.75, 3.05) is 33.3 Å². The van der Waals surface area contributed by atoms with Crippen LogP contribution < -0.4 is 5.32 Å². The number of hydrogen-bond acceptors (Lipinski definition) is 4. The Morgan fingerprint density at radius 2 is 2.23 bits per heavy atom. The molecule has 3 heterocycles. The van der Waals surface area contributed by atoms with Crippen LogP contribution in [0, 0.1) is 0 Å². The normalized spacial score (nSPS) is 21.8. The standard InChI is InChI=1S/C16H26N4O2/c1-22-14-10-13-11-15(18-20(13)12-14)16(21)17-6-5-9-19-7-3-2-4-8-19/h11,14H,2-10,12H2,1H3,(H,17,21)/t14-/m0/s1. The molecule has 1 aromatic rings. The van der Waals surface area contributed by atoms with E-state index in [0.29, 0.717) is 5.69 Å². The van der Waals surface area contributed by atoms with E-state index in [1.165, 1.54) is 32.4 Å². The van der Waals surface area contributed by atoms with Gasteiger partial charge >= 0.3 is 0 Å². The Labute approximate surface area is 131 Å². The second-order valence-corrected chi connectivity index (χ2v) is 6.28. The second-order valence-electron chi connectivity index (χ2n) is 6.28. The number of rotatable bonds is 6. The van der Waals surface area contributed by atoms with Gasteiger partial charge in [0, 0.05) is 25.8 Å². The third-order valence-corrected chi connectivity index (χ3v) is 4.63. The highest BCUT2D eigenvalue weighted by Gasteiger charge is 2.24. The van der Waals surface area contributed by atoms with E-state index >= 15 is 0 Å². The van der Waals surface area contributed by atoms with Gasteiger partial charge in [-0.05, 0) is 45.0 Å². The fourth-order valence-electron chi connectivity index (χ4n) is 3.32. The highest BCUT2D eigenvalue weighted by molar-refractivity contribution is 5.92. The molecule has 0 bridgehead atoms. The first-order valence-corrected chi connectivity index (χ1v) is 8.36. The molecule has 0 aromatic carbocycles. The molecule has 1 N–H and O–H groups in total. The number of carbonyl (C=O) groups excluding carboxylic acids is 1. The first kappa shape index (κ1) is 15.5. The summed E-state index contributed by atoms with van der Waals surface area (Å²) in [7, 11) is 1.72. The largest absolute Gasteiger partial charge is 0.379 e. The zero-order chi connectivity index (χ0) is 15.4. The minimum Gasteiger partial charge on any atom is -0.379 e. The van der Waals surface area contributed by atoms with Crippen molar-refractivity contribution in [2.45, 2.75) is 44.8 Å². The van der Waals surface area contributed by atoms with E-state index in [1.807, 2.05) is 10.7 Å². The average molecular weight is 306 g/mol. The lowest BCUT2D eigenvalue weighted by Crippen LogP contribution is -2.33. The molecule has 3 rings (SSSR count). The van der Waals surface area contributed by atoms with Crippen molar-refractivity contribution in [1.29, 1.82) is 0 Å². The molecular weight excluding hydrogens is 280 g/mol. The Hall–Kier alpha value is -1.40. The van der Waals surface area contributed by atoms with Crippen molar-refractivity contribution in [2.24, 2.45) is 0 Å². The summed E-state index contributed by atoms with van der Waals surface area (Å²) in [5.74, 6) is -0.0606. The van der Waals surface area contributed by atoms with Gasteiger partial charge < -0.3 is 15.0 Å². The molecule has 1 saturated heterocycles. The number of aromatic nitrogens is 2. The van der Waals surface area contributed by atoms with Gasteiger partial charge in [-0.3, -0.25) is 9.48 Å². The third kappa shape index (κ3) is 3.67. The molecular formula is C16H26N4O2. The number of nitrogens with zero attached hydrogens (tertiary/aromatic N) is 3. The van der Waals surface area contributed by atoms with Crippen LogP contribution in [-0.4, -0.2) is 60.0 Å². The highest BCUT2D eigenvalue weighted by Crippen LogP contribution is 2.17. The first-order valence-electron chi connectivity index (χ1n) is 8.36. The van der Waals surface area contributed by atoms with Gasteiger partial charge in [0.15, 0.2) is 0 Å². The molecule has 1 atom stereocenters. The zero-order valence-corrected chi connectivity index (χ0v) is 13.4. The minimum atomic E-state index is -0.0606. The van der Waals surface area contributed by atoms with Gasteiger partial charge in [0.25, 0.3) is 5.91 Å². The number of carbonyl (C=O) groups is 1. The van der Waals surface area contributed by atoms with Crippen molar-refractivity contribution < 1.29 is 9.53 Å². The predicted molar refractivity (Wildman–Crippen MR) is 84.0 cm³/mol. The third-order valence-electron chi connectivity index (χ3n) is 4.63. The summed E-state index contributed by atoms with van der Waals surface area (Å²) >= 11 is 0. The van der Waals surface area contributed by atoms with Gasteiger partial charge in [-0.1, -0.05) is 6.42 Å². The molecule has 1 aromatic heterocycles. The van der Waals surface area contributed by atoms with E-state index in [4.69, 9.17) is 4.74 Å². The summed E-state index contributed by atoms with van der Waals surface area (Å²) in [6, 6.07) is 1.89. The molecule has 22 heavy (non-hydrogen) atoms. The molecule has 0 radical (unpaired) electrons. The Morgan fingerprint density at radius 3 is 2.95 bits per heavy atom. The van der Waals surface area contributed by atoms with Crippen LogP contribution in [0.1, 0.15) is 41.9 Å². The van der Waals surface area contributed by atoms with E-state index in [9.17, 15) is 4.79 Å². The van der Waals surface area contributed by atoms with E-state index in [-0.39, 0.29) is 12.0 Å². The number of piperidine rings is 1. The maximum atomic E-state index is 12.1. The molecule has 1 fully saturated rings. The fourth-order valence-corrected chi connectivity index (χ4v) is 3.32. The Kier molecular flexibility index (Phi) is 5.10. The van der Waals surface area contributed by atoms with E-state index in [1.54, 1.807) is 7.11 Å². The van der Waals surface area contributed by atoms with Gasteiger partial charge in [0.1, 0.15) is 5.69 Å². The zero-order valence-electron chi connectivity index (χ0n) is 13.4. The van der Waals surface area contributed by atoms with Crippen LogP contribution in [0.3, 0.4) is 0 Å². The fraction of sp³-hybridized carbons (Fsp3) is 0.750. The maximum absolute atomic E-state index is 12.1. The Bertz CT molecular complexity index is 485. The summed E-state index contributed by atoms with van der Waals surface area (Å²) in [6.45, 7) is 4.96. The van der Waals surface area contributed by atoms with Crippen LogP contribution in [0.5, 0.6) is 0 Å². The number of hydrogen-bond donors (Lipinski definition) is 1. The van der Waals surface area contributed by atoms with E-state index in [0.717, 1.165) is 38.2 Å². The summed E-state index contributed by atoms with van der Waals surface area (Å²) in [5, 5.41) is 7.35. The van der Waals surface area contributed by atoms with Crippen LogP contribution in [-0.2, 0) is 17.7 Å². The van der Waals surface area contributed by atoms with Crippen molar-refractivity contribution in [1.82, 2.24) is 20.0 Å². The molecule has 6 nitrogen and oxygen atoms in total. The maximum Gasteiger partial charge on any atom is 0.271 e. The molecule has 0 aliphatic carbocycles. The van der Waals surface area contributed by atoms with Crippen molar-refractivity contribution in [3.63, 3.8) is 0 Å².